The highest BCUT2D eigenvalue weighted by molar-refractivity contribution is 7.80. The minimum absolute atomic E-state index is 0.471. The van der Waals surface area contributed by atoms with Crippen LogP contribution >= 0.6 is 12.2 Å². The number of aromatic nitrogens is 2. The van der Waals surface area contributed by atoms with E-state index in [1.165, 1.54) is 0 Å². The number of hydrogen-bond acceptors (Lipinski definition) is 3. The van der Waals surface area contributed by atoms with Crippen LogP contribution in [0.3, 0.4) is 0 Å². The van der Waals surface area contributed by atoms with Gasteiger partial charge in [-0.1, -0.05) is 0 Å². The van der Waals surface area contributed by atoms with Gasteiger partial charge in [0.25, 0.3) is 0 Å². The van der Waals surface area contributed by atoms with Crippen LogP contribution in [0, 0.1) is 5.39 Å². The van der Waals surface area contributed by atoms with Crippen molar-refractivity contribution < 1.29 is 0 Å². The number of fused-ring (bicyclic) bond motifs is 1. The number of anilines is 1. The van der Waals surface area contributed by atoms with E-state index in [0.29, 0.717) is 16.7 Å². The zero-order chi connectivity index (χ0) is 11.5. The number of rotatable bonds is 1. The SMILES string of the molecule is CNC(=S)Nc1nc2ccc([N+]#N)cc2[nH]1. The summed E-state index contributed by atoms with van der Waals surface area (Å²) in [6.07, 6.45) is 0. The summed E-state index contributed by atoms with van der Waals surface area (Å²) in [4.78, 5) is 10.4. The molecule has 0 bridgehead atoms. The van der Waals surface area contributed by atoms with Crippen molar-refractivity contribution in [2.24, 2.45) is 0 Å². The minimum atomic E-state index is 0.471. The Balaban J connectivity index is 2.37. The molecule has 1 aromatic heterocycles. The number of imidazole rings is 1. The number of thiocarbonyl (C=S) groups is 1. The highest BCUT2D eigenvalue weighted by Gasteiger charge is 2.09. The molecule has 0 saturated carbocycles. The maximum absolute atomic E-state index is 8.63. The Bertz CT molecular complexity index is 581. The van der Waals surface area contributed by atoms with Gasteiger partial charge >= 0.3 is 5.69 Å². The predicted molar refractivity (Wildman–Crippen MR) is 66.1 cm³/mol. The van der Waals surface area contributed by atoms with Gasteiger partial charge in [0.2, 0.25) is 11.3 Å². The molecular formula is C9H9N6S+. The highest BCUT2D eigenvalue weighted by atomic mass is 32.1. The van der Waals surface area contributed by atoms with Crippen molar-refractivity contribution >= 4 is 40.0 Å². The first-order chi connectivity index (χ1) is 7.72. The molecule has 0 spiro atoms. The summed E-state index contributed by atoms with van der Waals surface area (Å²) < 4.78 is 0. The number of aromatic amines is 1. The van der Waals surface area contributed by atoms with Crippen molar-refractivity contribution in [3.05, 3.63) is 23.2 Å². The van der Waals surface area contributed by atoms with E-state index in [1.54, 1.807) is 25.2 Å². The number of hydrogen-bond donors (Lipinski definition) is 3. The Morgan fingerprint density at radius 1 is 1.56 bits per heavy atom. The summed E-state index contributed by atoms with van der Waals surface area (Å²) in [6, 6.07) is 5.12. The molecule has 2 aromatic rings. The Morgan fingerprint density at radius 3 is 3.06 bits per heavy atom. The summed E-state index contributed by atoms with van der Waals surface area (Å²) >= 11 is 4.95. The van der Waals surface area contributed by atoms with Crippen LogP contribution < -0.4 is 10.6 Å². The fourth-order valence-electron chi connectivity index (χ4n) is 1.29. The van der Waals surface area contributed by atoms with Crippen LogP contribution in [0.25, 0.3) is 16.0 Å². The second-order valence-electron chi connectivity index (χ2n) is 3.09. The van der Waals surface area contributed by atoms with Crippen LogP contribution in [0.5, 0.6) is 0 Å². The molecule has 0 saturated heterocycles. The molecule has 0 aliphatic rings. The number of H-pyrrole nitrogens is 1. The molecule has 0 unspecified atom stereocenters. The summed E-state index contributed by atoms with van der Waals surface area (Å²) in [5.41, 5.74) is 2.02. The van der Waals surface area contributed by atoms with E-state index in [4.69, 9.17) is 17.6 Å². The molecule has 3 N–H and O–H groups in total. The van der Waals surface area contributed by atoms with E-state index in [9.17, 15) is 0 Å². The lowest BCUT2D eigenvalue weighted by Crippen LogP contribution is -2.24. The van der Waals surface area contributed by atoms with E-state index in [2.05, 4.69) is 25.6 Å². The monoisotopic (exact) mass is 233 g/mol. The molecule has 80 valence electrons. The Labute approximate surface area is 96.7 Å². The fraction of sp³-hybridized carbons (Fsp3) is 0.111. The maximum Gasteiger partial charge on any atom is 0.387 e. The first-order valence-electron chi connectivity index (χ1n) is 4.56. The van der Waals surface area contributed by atoms with Crippen LogP contribution in [0.4, 0.5) is 11.6 Å². The summed E-state index contributed by atoms with van der Waals surface area (Å²) in [5, 5.41) is 14.8. The van der Waals surface area contributed by atoms with Crippen molar-refractivity contribution in [3.8, 4) is 0 Å². The van der Waals surface area contributed by atoms with Crippen molar-refractivity contribution in [2.75, 3.05) is 12.4 Å². The van der Waals surface area contributed by atoms with Crippen LogP contribution in [0.2, 0.25) is 0 Å². The molecule has 0 amide bonds. The molecule has 1 heterocycles. The Hall–Kier alpha value is -2.20. The van der Waals surface area contributed by atoms with Gasteiger partial charge in [-0.3, -0.25) is 0 Å². The standard InChI is InChI=1S/C9H8N6S/c1-11-9(16)14-8-12-6-3-2-5(15-10)4-7(6)13-8/h2-4,10H,1H3,(H,11,16)/p+1. The number of nitrogens with zero attached hydrogens (tertiary/aromatic N) is 3. The quantitative estimate of drug-likeness (QED) is 0.518. The molecular weight excluding hydrogens is 224 g/mol. The van der Waals surface area contributed by atoms with Gasteiger partial charge in [0.15, 0.2) is 10.1 Å². The van der Waals surface area contributed by atoms with E-state index in [-0.39, 0.29) is 0 Å². The largest absolute Gasteiger partial charge is 0.387 e. The lowest BCUT2D eigenvalue weighted by Gasteiger charge is -2.01. The second-order valence-corrected chi connectivity index (χ2v) is 3.50. The zero-order valence-electron chi connectivity index (χ0n) is 8.48. The van der Waals surface area contributed by atoms with Gasteiger partial charge in [0, 0.05) is 13.1 Å². The van der Waals surface area contributed by atoms with Gasteiger partial charge in [0.05, 0.1) is 17.1 Å². The van der Waals surface area contributed by atoms with Gasteiger partial charge in [0.1, 0.15) is 0 Å². The molecule has 2 rings (SSSR count). The van der Waals surface area contributed by atoms with Crippen molar-refractivity contribution in [2.45, 2.75) is 0 Å². The smallest absolute Gasteiger partial charge is 0.365 e. The average molecular weight is 233 g/mol. The third-order valence-corrected chi connectivity index (χ3v) is 2.35. The highest BCUT2D eigenvalue weighted by Crippen LogP contribution is 2.20. The summed E-state index contributed by atoms with van der Waals surface area (Å²) in [5.74, 6) is 0.546. The van der Waals surface area contributed by atoms with Gasteiger partial charge in [-0.25, -0.2) is 4.98 Å². The molecule has 0 atom stereocenters. The van der Waals surface area contributed by atoms with Crippen molar-refractivity contribution in [3.63, 3.8) is 0 Å². The van der Waals surface area contributed by atoms with Crippen molar-refractivity contribution in [1.82, 2.24) is 15.3 Å². The first-order valence-corrected chi connectivity index (χ1v) is 4.97. The molecule has 0 radical (unpaired) electrons. The second kappa shape index (κ2) is 4.12. The zero-order valence-corrected chi connectivity index (χ0v) is 9.30. The van der Waals surface area contributed by atoms with Crippen LogP contribution in [-0.4, -0.2) is 22.1 Å². The van der Waals surface area contributed by atoms with Crippen LogP contribution in [0.1, 0.15) is 0 Å². The number of diazo groups is 1. The van der Waals surface area contributed by atoms with E-state index in [1.807, 2.05) is 0 Å². The molecule has 6 nitrogen and oxygen atoms in total. The van der Waals surface area contributed by atoms with Gasteiger partial charge in [-0.2, -0.15) is 0 Å². The van der Waals surface area contributed by atoms with E-state index in [0.717, 1.165) is 11.0 Å². The number of benzene rings is 1. The van der Waals surface area contributed by atoms with Gasteiger partial charge in [-0.05, 0) is 18.3 Å². The molecule has 0 aliphatic carbocycles. The lowest BCUT2D eigenvalue weighted by atomic mass is 10.3. The molecule has 7 heteroatoms. The van der Waals surface area contributed by atoms with Crippen molar-refractivity contribution in [1.29, 1.82) is 5.39 Å². The van der Waals surface area contributed by atoms with E-state index < -0.39 is 0 Å². The maximum atomic E-state index is 8.63. The topological polar surface area (TPSA) is 80.9 Å². The summed E-state index contributed by atoms with van der Waals surface area (Å²) in [7, 11) is 1.72. The fourth-order valence-corrected chi connectivity index (χ4v) is 1.39. The Morgan fingerprint density at radius 2 is 2.38 bits per heavy atom. The third kappa shape index (κ3) is 1.92. The molecule has 0 aliphatic heterocycles. The van der Waals surface area contributed by atoms with Gasteiger partial charge in [-0.15, -0.1) is 0 Å². The van der Waals surface area contributed by atoms with Gasteiger partial charge < -0.3 is 15.6 Å². The van der Waals surface area contributed by atoms with Crippen LogP contribution in [-0.2, 0) is 0 Å². The Kier molecular flexibility index (Phi) is 2.66. The first kappa shape index (κ1) is 10.3. The minimum Gasteiger partial charge on any atom is -0.365 e. The van der Waals surface area contributed by atoms with E-state index >= 15 is 0 Å². The average Bonchev–Trinajstić information content (AvgIpc) is 2.69. The predicted octanol–water partition coefficient (Wildman–Crippen LogP) is 1.96. The normalized spacial score (nSPS) is 9.75. The third-order valence-electron chi connectivity index (χ3n) is 2.04. The number of nitrogens with one attached hydrogen (secondary N) is 3. The summed E-state index contributed by atoms with van der Waals surface area (Å²) in [6.45, 7) is 0. The van der Waals surface area contributed by atoms with Crippen LogP contribution in [0.15, 0.2) is 18.2 Å². The molecule has 16 heavy (non-hydrogen) atoms. The molecule has 1 aromatic carbocycles. The lowest BCUT2D eigenvalue weighted by molar-refractivity contribution is 1.18. The molecule has 0 fully saturated rings.